The van der Waals surface area contributed by atoms with Crippen molar-refractivity contribution in [2.75, 3.05) is 0 Å². The van der Waals surface area contributed by atoms with Gasteiger partial charge in [0, 0.05) is 0 Å². The zero-order valence-electron chi connectivity index (χ0n) is 7.37. The summed E-state index contributed by atoms with van der Waals surface area (Å²) in [5, 5.41) is -0.219. The lowest BCUT2D eigenvalue weighted by Crippen LogP contribution is -2.11. The van der Waals surface area contributed by atoms with Gasteiger partial charge >= 0.3 is 5.97 Å². The molecule has 0 aliphatic heterocycles. The third kappa shape index (κ3) is 4.08. The lowest BCUT2D eigenvalue weighted by molar-refractivity contribution is -0.143. The molecule has 0 heterocycles. The Morgan fingerprint density at radius 2 is 2.08 bits per heavy atom. The molecule has 1 rings (SSSR count). The van der Waals surface area contributed by atoms with Crippen LogP contribution in [0.2, 0.25) is 0 Å². The van der Waals surface area contributed by atoms with Crippen molar-refractivity contribution in [3.63, 3.8) is 0 Å². The van der Waals surface area contributed by atoms with E-state index in [0.717, 1.165) is 5.56 Å². The fourth-order valence-corrected chi connectivity index (χ4v) is 1.19. The van der Waals surface area contributed by atoms with E-state index in [2.05, 4.69) is 15.9 Å². The Labute approximate surface area is 86.0 Å². The zero-order valence-corrected chi connectivity index (χ0v) is 8.95. The molecule has 0 aromatic heterocycles. The predicted octanol–water partition coefficient (Wildman–Crippen LogP) is 2.51. The highest BCUT2D eigenvalue weighted by Crippen LogP contribution is 2.05. The molecule has 3 heteroatoms. The number of alkyl halides is 1. The second-order valence-corrected chi connectivity index (χ2v) is 3.98. The molecule has 0 amide bonds. The van der Waals surface area contributed by atoms with E-state index in [-0.39, 0.29) is 11.0 Å². The molecule has 1 unspecified atom stereocenters. The Bertz CT molecular complexity index is 270. The summed E-state index contributed by atoms with van der Waals surface area (Å²) in [5.74, 6) is -0.212. The van der Waals surface area contributed by atoms with Gasteiger partial charge in [-0.1, -0.05) is 30.3 Å². The van der Waals surface area contributed by atoms with Gasteiger partial charge in [0.1, 0.15) is 0 Å². The van der Waals surface area contributed by atoms with Crippen molar-refractivity contribution in [3.05, 3.63) is 35.9 Å². The Balaban J connectivity index is 2.46. The fraction of sp³-hybridized carbons (Fsp3) is 0.300. The van der Waals surface area contributed by atoms with E-state index >= 15 is 0 Å². The maximum Gasteiger partial charge on any atom is 0.311 e. The molecule has 1 atom stereocenters. The van der Waals surface area contributed by atoms with E-state index in [1.165, 1.54) is 0 Å². The molecule has 70 valence electrons. The van der Waals surface area contributed by atoms with Crippen molar-refractivity contribution in [2.24, 2.45) is 0 Å². The van der Waals surface area contributed by atoms with Gasteiger partial charge < -0.3 is 4.74 Å². The summed E-state index contributed by atoms with van der Waals surface area (Å²) in [6.45, 7) is 1.77. The Morgan fingerprint density at radius 3 is 2.62 bits per heavy atom. The highest BCUT2D eigenvalue weighted by molar-refractivity contribution is 9.09. The third-order valence-corrected chi connectivity index (χ3v) is 1.67. The summed E-state index contributed by atoms with van der Waals surface area (Å²) in [6, 6.07) is 9.53. The monoisotopic (exact) mass is 242 g/mol. The minimum absolute atomic E-state index is 0.212. The molecule has 0 spiro atoms. The highest BCUT2D eigenvalue weighted by Gasteiger charge is 2.06. The maximum absolute atomic E-state index is 11.2. The van der Waals surface area contributed by atoms with Crippen molar-refractivity contribution in [3.8, 4) is 0 Å². The summed E-state index contributed by atoms with van der Waals surface area (Å²) in [4.78, 5) is 11.2. The third-order valence-electron chi connectivity index (χ3n) is 1.49. The molecule has 0 radical (unpaired) electrons. The molecular formula is C10H11BrO2. The largest absolute Gasteiger partial charge is 0.451 e. The van der Waals surface area contributed by atoms with Gasteiger partial charge in [-0.25, -0.2) is 0 Å². The van der Waals surface area contributed by atoms with Crippen LogP contribution in [0.25, 0.3) is 0 Å². The SMILES string of the molecule is CC(Br)OC(=O)Cc1ccccc1. The molecule has 2 nitrogen and oxygen atoms in total. The fourth-order valence-electron chi connectivity index (χ4n) is 0.985. The average Bonchev–Trinajstić information content (AvgIpc) is 2.04. The van der Waals surface area contributed by atoms with E-state index in [4.69, 9.17) is 4.74 Å². The van der Waals surface area contributed by atoms with E-state index < -0.39 is 0 Å². The zero-order chi connectivity index (χ0) is 9.68. The molecule has 0 bridgehead atoms. The van der Waals surface area contributed by atoms with Gasteiger partial charge in [-0.2, -0.15) is 0 Å². The van der Waals surface area contributed by atoms with Crippen LogP contribution in [0.4, 0.5) is 0 Å². The van der Waals surface area contributed by atoms with Gasteiger partial charge in [0.2, 0.25) is 0 Å². The smallest absolute Gasteiger partial charge is 0.311 e. The number of rotatable bonds is 3. The van der Waals surface area contributed by atoms with Crippen molar-refractivity contribution < 1.29 is 9.53 Å². The van der Waals surface area contributed by atoms with Crippen molar-refractivity contribution in [2.45, 2.75) is 18.4 Å². The second kappa shape index (κ2) is 5.02. The minimum Gasteiger partial charge on any atom is -0.451 e. The van der Waals surface area contributed by atoms with E-state index in [0.29, 0.717) is 6.42 Å². The van der Waals surface area contributed by atoms with E-state index in [1.54, 1.807) is 6.92 Å². The lowest BCUT2D eigenvalue weighted by atomic mass is 10.2. The van der Waals surface area contributed by atoms with Crippen LogP contribution < -0.4 is 0 Å². The Morgan fingerprint density at radius 1 is 1.46 bits per heavy atom. The Kier molecular flexibility index (Phi) is 3.96. The minimum atomic E-state index is -0.219. The van der Waals surface area contributed by atoms with Crippen LogP contribution in [0.3, 0.4) is 0 Å². The van der Waals surface area contributed by atoms with Gasteiger partial charge in [-0.3, -0.25) is 4.79 Å². The second-order valence-electron chi connectivity index (χ2n) is 2.70. The average molecular weight is 243 g/mol. The first kappa shape index (κ1) is 10.3. The predicted molar refractivity (Wildman–Crippen MR) is 54.6 cm³/mol. The molecule has 0 aliphatic carbocycles. The standard InChI is InChI=1S/C10H11BrO2/c1-8(11)13-10(12)7-9-5-3-2-4-6-9/h2-6,8H,7H2,1H3. The molecule has 0 saturated heterocycles. The van der Waals surface area contributed by atoms with Gasteiger partial charge in [0.15, 0.2) is 5.01 Å². The number of ether oxygens (including phenoxy) is 1. The number of carbonyl (C=O) groups excluding carboxylic acids is 1. The number of esters is 1. The number of carbonyl (C=O) groups is 1. The van der Waals surface area contributed by atoms with Crippen LogP contribution in [-0.2, 0) is 16.0 Å². The highest BCUT2D eigenvalue weighted by atomic mass is 79.9. The van der Waals surface area contributed by atoms with Gasteiger partial charge in [-0.05, 0) is 28.4 Å². The van der Waals surface area contributed by atoms with Crippen LogP contribution in [0.15, 0.2) is 30.3 Å². The molecule has 0 N–H and O–H groups in total. The molecule has 0 saturated carbocycles. The van der Waals surface area contributed by atoms with Crippen molar-refractivity contribution in [1.29, 1.82) is 0 Å². The van der Waals surface area contributed by atoms with Gasteiger partial charge in [-0.15, -0.1) is 0 Å². The van der Waals surface area contributed by atoms with Gasteiger partial charge in [0.05, 0.1) is 6.42 Å². The molecule has 1 aromatic carbocycles. The first-order chi connectivity index (χ1) is 6.18. The normalized spacial score (nSPS) is 12.2. The topological polar surface area (TPSA) is 26.3 Å². The van der Waals surface area contributed by atoms with Crippen LogP contribution in [0, 0.1) is 0 Å². The van der Waals surface area contributed by atoms with Crippen LogP contribution >= 0.6 is 15.9 Å². The van der Waals surface area contributed by atoms with E-state index in [1.807, 2.05) is 30.3 Å². The Hall–Kier alpha value is -0.830. The summed E-state index contributed by atoms with van der Waals surface area (Å²) >= 11 is 3.15. The van der Waals surface area contributed by atoms with Gasteiger partial charge in [0.25, 0.3) is 0 Å². The van der Waals surface area contributed by atoms with Crippen molar-refractivity contribution >= 4 is 21.9 Å². The van der Waals surface area contributed by atoms with Crippen LogP contribution in [0.5, 0.6) is 0 Å². The number of benzene rings is 1. The number of hydrogen-bond donors (Lipinski definition) is 0. The molecule has 0 aliphatic rings. The maximum atomic E-state index is 11.2. The summed E-state index contributed by atoms with van der Waals surface area (Å²) in [7, 11) is 0. The first-order valence-corrected chi connectivity index (χ1v) is 4.97. The summed E-state index contributed by atoms with van der Waals surface area (Å²) in [6.07, 6.45) is 0.330. The summed E-state index contributed by atoms with van der Waals surface area (Å²) in [5.41, 5.74) is 0.973. The number of hydrogen-bond acceptors (Lipinski definition) is 2. The lowest BCUT2D eigenvalue weighted by Gasteiger charge is -2.05. The van der Waals surface area contributed by atoms with E-state index in [9.17, 15) is 4.79 Å². The first-order valence-electron chi connectivity index (χ1n) is 4.06. The summed E-state index contributed by atoms with van der Waals surface area (Å²) < 4.78 is 4.93. The molecule has 1 aromatic rings. The molecule has 0 fully saturated rings. The molecule has 13 heavy (non-hydrogen) atoms. The molecular weight excluding hydrogens is 232 g/mol. The van der Waals surface area contributed by atoms with Crippen LogP contribution in [-0.4, -0.2) is 11.0 Å². The quantitative estimate of drug-likeness (QED) is 0.602. The van der Waals surface area contributed by atoms with Crippen molar-refractivity contribution in [1.82, 2.24) is 0 Å². The van der Waals surface area contributed by atoms with Crippen LogP contribution in [0.1, 0.15) is 12.5 Å². The number of halogens is 1.